The van der Waals surface area contributed by atoms with Crippen molar-refractivity contribution in [2.75, 3.05) is 16.8 Å². The molecule has 1 aromatic rings. The molecule has 1 aromatic carbocycles. The molecular weight excluding hydrogens is 232 g/mol. The van der Waals surface area contributed by atoms with Gasteiger partial charge in [0.25, 0.3) is 0 Å². The Labute approximate surface area is 105 Å². The van der Waals surface area contributed by atoms with Crippen LogP contribution >= 0.6 is 11.8 Å². The van der Waals surface area contributed by atoms with Crippen molar-refractivity contribution in [2.45, 2.75) is 12.8 Å². The Hall–Kier alpha value is -1.47. The Bertz CT molecular complexity index is 447. The van der Waals surface area contributed by atoms with Gasteiger partial charge in [0.15, 0.2) is 0 Å². The molecule has 0 unspecified atom stereocenters. The normalized spacial score (nSPS) is 16.2. The zero-order chi connectivity index (χ0) is 12.1. The summed E-state index contributed by atoms with van der Waals surface area (Å²) in [4.78, 5) is 12.0. The van der Waals surface area contributed by atoms with Crippen molar-refractivity contribution in [3.63, 3.8) is 0 Å². The van der Waals surface area contributed by atoms with Crippen LogP contribution in [-0.2, 0) is 4.79 Å². The number of nitrogens with one attached hydrogen (secondary N) is 1. The monoisotopic (exact) mass is 246 g/mol. The van der Waals surface area contributed by atoms with Crippen LogP contribution in [0.15, 0.2) is 24.3 Å². The summed E-state index contributed by atoms with van der Waals surface area (Å²) < 4.78 is 0. The average molecular weight is 246 g/mol. The minimum absolute atomic E-state index is 0.0491. The van der Waals surface area contributed by atoms with Crippen LogP contribution in [0, 0.1) is 17.2 Å². The summed E-state index contributed by atoms with van der Waals surface area (Å²) in [5, 5.41) is 11.8. The van der Waals surface area contributed by atoms with E-state index in [0.29, 0.717) is 11.3 Å². The lowest BCUT2D eigenvalue weighted by molar-refractivity contribution is -0.120. The van der Waals surface area contributed by atoms with Gasteiger partial charge in [0.2, 0.25) is 5.91 Å². The highest BCUT2D eigenvalue weighted by molar-refractivity contribution is 7.99. The third-order valence-corrected chi connectivity index (χ3v) is 3.95. The highest BCUT2D eigenvalue weighted by atomic mass is 32.2. The summed E-state index contributed by atoms with van der Waals surface area (Å²) in [7, 11) is 0. The fourth-order valence-electron chi connectivity index (χ4n) is 1.88. The van der Waals surface area contributed by atoms with E-state index < -0.39 is 0 Å². The largest absolute Gasteiger partial charge is 0.325 e. The molecule has 1 heterocycles. The Morgan fingerprint density at radius 3 is 2.76 bits per heavy atom. The maximum Gasteiger partial charge on any atom is 0.227 e. The second-order valence-electron chi connectivity index (χ2n) is 4.03. The molecule has 0 aromatic heterocycles. The fraction of sp³-hybridized carbons (Fsp3) is 0.385. The highest BCUT2D eigenvalue weighted by Gasteiger charge is 2.21. The molecule has 0 bridgehead atoms. The first-order valence-corrected chi connectivity index (χ1v) is 6.84. The molecule has 0 radical (unpaired) electrons. The molecule has 2 rings (SSSR count). The van der Waals surface area contributed by atoms with Crippen molar-refractivity contribution in [1.29, 1.82) is 5.26 Å². The van der Waals surface area contributed by atoms with Gasteiger partial charge in [-0.1, -0.05) is 12.1 Å². The molecule has 1 N–H and O–H groups in total. The summed E-state index contributed by atoms with van der Waals surface area (Å²) in [6.07, 6.45) is 1.87. The minimum atomic E-state index is 0.0491. The molecular formula is C13H14N2OS. The minimum Gasteiger partial charge on any atom is -0.325 e. The van der Waals surface area contributed by atoms with Crippen LogP contribution in [0.2, 0.25) is 0 Å². The van der Waals surface area contributed by atoms with Crippen LogP contribution < -0.4 is 5.32 Å². The lowest BCUT2D eigenvalue weighted by Crippen LogP contribution is -2.26. The van der Waals surface area contributed by atoms with Gasteiger partial charge >= 0.3 is 0 Å². The topological polar surface area (TPSA) is 52.9 Å². The Morgan fingerprint density at radius 1 is 1.35 bits per heavy atom. The lowest BCUT2D eigenvalue weighted by Gasteiger charge is -2.20. The first-order chi connectivity index (χ1) is 8.31. The van der Waals surface area contributed by atoms with Crippen LogP contribution in [0.4, 0.5) is 5.69 Å². The second kappa shape index (κ2) is 5.74. The quantitative estimate of drug-likeness (QED) is 0.872. The molecule has 3 nitrogen and oxygen atoms in total. The summed E-state index contributed by atoms with van der Waals surface area (Å²) in [5.41, 5.74) is 1.14. The van der Waals surface area contributed by atoms with E-state index in [4.69, 9.17) is 5.26 Å². The molecule has 17 heavy (non-hydrogen) atoms. The van der Waals surface area contributed by atoms with E-state index in [1.54, 1.807) is 18.2 Å². The number of rotatable bonds is 2. The SMILES string of the molecule is N#Cc1ccccc1NC(=O)C1CCSCC1. The summed E-state index contributed by atoms with van der Waals surface area (Å²) in [6.45, 7) is 0. The summed E-state index contributed by atoms with van der Waals surface area (Å²) in [5.74, 6) is 2.26. The molecule has 0 aliphatic carbocycles. The molecule has 1 saturated heterocycles. The first-order valence-electron chi connectivity index (χ1n) is 5.69. The van der Waals surface area contributed by atoms with Crippen molar-refractivity contribution in [3.8, 4) is 6.07 Å². The van der Waals surface area contributed by atoms with Crippen LogP contribution in [-0.4, -0.2) is 17.4 Å². The number of nitriles is 1. The van der Waals surface area contributed by atoms with E-state index in [9.17, 15) is 4.79 Å². The number of anilines is 1. The van der Waals surface area contributed by atoms with Gasteiger partial charge in [-0.2, -0.15) is 17.0 Å². The Kier molecular flexibility index (Phi) is 4.05. The van der Waals surface area contributed by atoms with Gasteiger partial charge in [-0.15, -0.1) is 0 Å². The first kappa shape index (κ1) is 12.0. The van der Waals surface area contributed by atoms with Crippen molar-refractivity contribution < 1.29 is 4.79 Å². The number of hydrogen-bond acceptors (Lipinski definition) is 3. The number of amides is 1. The molecule has 4 heteroatoms. The summed E-state index contributed by atoms with van der Waals surface area (Å²) in [6, 6.07) is 9.20. The van der Waals surface area contributed by atoms with Gasteiger partial charge in [0.05, 0.1) is 11.3 Å². The standard InChI is InChI=1S/C13H14N2OS/c14-9-11-3-1-2-4-12(11)15-13(16)10-5-7-17-8-6-10/h1-4,10H,5-8H2,(H,15,16). The van der Waals surface area contributed by atoms with Crippen LogP contribution in [0.25, 0.3) is 0 Å². The fourth-order valence-corrected chi connectivity index (χ4v) is 2.99. The molecule has 0 saturated carbocycles. The van der Waals surface area contributed by atoms with E-state index in [-0.39, 0.29) is 11.8 Å². The van der Waals surface area contributed by atoms with Gasteiger partial charge in [-0.05, 0) is 36.5 Å². The van der Waals surface area contributed by atoms with E-state index in [2.05, 4.69) is 11.4 Å². The van der Waals surface area contributed by atoms with E-state index >= 15 is 0 Å². The predicted octanol–water partition coefficient (Wildman–Crippen LogP) is 2.64. The Morgan fingerprint density at radius 2 is 2.06 bits per heavy atom. The molecule has 1 aliphatic heterocycles. The molecule has 88 valence electrons. The van der Waals surface area contributed by atoms with Gasteiger partial charge in [-0.25, -0.2) is 0 Å². The van der Waals surface area contributed by atoms with E-state index in [1.165, 1.54) is 0 Å². The highest BCUT2D eigenvalue weighted by Crippen LogP contribution is 2.24. The number of carbonyl (C=O) groups is 1. The number of nitrogens with zero attached hydrogens (tertiary/aromatic N) is 1. The zero-order valence-electron chi connectivity index (χ0n) is 9.48. The maximum absolute atomic E-state index is 12.0. The van der Waals surface area contributed by atoms with Crippen molar-refractivity contribution in [3.05, 3.63) is 29.8 Å². The average Bonchev–Trinajstić information content (AvgIpc) is 2.40. The number of benzene rings is 1. The van der Waals surface area contributed by atoms with Crippen molar-refractivity contribution in [2.24, 2.45) is 5.92 Å². The molecule has 1 amide bonds. The van der Waals surface area contributed by atoms with Crippen LogP contribution in [0.3, 0.4) is 0 Å². The second-order valence-corrected chi connectivity index (χ2v) is 5.26. The van der Waals surface area contributed by atoms with Crippen molar-refractivity contribution >= 4 is 23.4 Å². The zero-order valence-corrected chi connectivity index (χ0v) is 10.3. The smallest absolute Gasteiger partial charge is 0.227 e. The van der Waals surface area contributed by atoms with E-state index in [0.717, 1.165) is 24.3 Å². The number of para-hydroxylation sites is 1. The van der Waals surface area contributed by atoms with Crippen molar-refractivity contribution in [1.82, 2.24) is 0 Å². The van der Waals surface area contributed by atoms with Crippen LogP contribution in [0.1, 0.15) is 18.4 Å². The van der Waals surface area contributed by atoms with Gasteiger partial charge in [0.1, 0.15) is 6.07 Å². The number of hydrogen-bond donors (Lipinski definition) is 1. The third kappa shape index (κ3) is 3.01. The Balaban J connectivity index is 2.05. The summed E-state index contributed by atoms with van der Waals surface area (Å²) >= 11 is 1.90. The number of thioether (sulfide) groups is 1. The van der Waals surface area contributed by atoms with Gasteiger partial charge < -0.3 is 5.32 Å². The van der Waals surface area contributed by atoms with Gasteiger partial charge in [0, 0.05) is 5.92 Å². The van der Waals surface area contributed by atoms with Gasteiger partial charge in [-0.3, -0.25) is 4.79 Å². The predicted molar refractivity (Wildman–Crippen MR) is 69.8 cm³/mol. The maximum atomic E-state index is 12.0. The molecule has 0 spiro atoms. The number of carbonyl (C=O) groups excluding carboxylic acids is 1. The van der Waals surface area contributed by atoms with E-state index in [1.807, 2.05) is 17.8 Å². The third-order valence-electron chi connectivity index (χ3n) is 2.90. The molecule has 0 atom stereocenters. The molecule has 1 fully saturated rings. The lowest BCUT2D eigenvalue weighted by atomic mass is 10.0. The molecule has 1 aliphatic rings. The van der Waals surface area contributed by atoms with Crippen LogP contribution in [0.5, 0.6) is 0 Å².